The van der Waals surface area contributed by atoms with E-state index in [1.165, 1.54) is 12.1 Å². The summed E-state index contributed by atoms with van der Waals surface area (Å²) in [6, 6.07) is 13.5. The molecule has 162 valence electrons. The van der Waals surface area contributed by atoms with Gasteiger partial charge in [0.1, 0.15) is 0 Å². The topological polar surface area (TPSA) is 135 Å². The minimum atomic E-state index is -3.77. The van der Waals surface area contributed by atoms with Crippen LogP contribution < -0.4 is 10.9 Å². The van der Waals surface area contributed by atoms with Gasteiger partial charge >= 0.3 is 0 Å². The number of hydrogen-bond donors (Lipinski definition) is 3. The first-order chi connectivity index (χ1) is 14.8. The number of hydrogen-bond acceptors (Lipinski definition) is 5. The van der Waals surface area contributed by atoms with Crippen LogP contribution in [-0.4, -0.2) is 36.0 Å². The average Bonchev–Trinajstić information content (AvgIpc) is 3.32. The van der Waals surface area contributed by atoms with Crippen molar-refractivity contribution in [2.45, 2.75) is 30.3 Å². The molecule has 0 saturated carbocycles. The summed E-state index contributed by atoms with van der Waals surface area (Å²) in [4.78, 5) is 15.1. The molecule has 31 heavy (non-hydrogen) atoms. The lowest BCUT2D eigenvalue weighted by Gasteiger charge is -2.23. The molecule has 2 heterocycles. The van der Waals surface area contributed by atoms with Crippen LogP contribution in [0.1, 0.15) is 29.2 Å². The summed E-state index contributed by atoms with van der Waals surface area (Å²) in [6.07, 6.45) is 0.518. The first-order valence-corrected chi connectivity index (χ1v) is 11.6. The fraction of sp³-hybridized carbons (Fsp3) is 0.238. The Kier molecular flexibility index (Phi) is 5.85. The molecule has 1 aromatic heterocycles. The van der Waals surface area contributed by atoms with Crippen LogP contribution in [-0.2, 0) is 27.9 Å². The number of amides is 1. The molecular formula is C21H22ClN5O3S. The fourth-order valence-corrected chi connectivity index (χ4v) is 4.59. The Labute approximate surface area is 185 Å². The first kappa shape index (κ1) is 21.5. The van der Waals surface area contributed by atoms with Crippen molar-refractivity contribution in [2.24, 2.45) is 10.9 Å². The summed E-state index contributed by atoms with van der Waals surface area (Å²) >= 11 is 6.12. The van der Waals surface area contributed by atoms with Crippen molar-refractivity contribution in [3.63, 3.8) is 0 Å². The molecule has 5 N–H and O–H groups in total. The number of primary sulfonamides is 1. The molecule has 1 aliphatic rings. The Morgan fingerprint density at radius 1 is 1.19 bits per heavy atom. The van der Waals surface area contributed by atoms with Crippen LogP contribution in [0.5, 0.6) is 0 Å². The number of rotatable bonds is 6. The highest BCUT2D eigenvalue weighted by Gasteiger charge is 2.33. The smallest absolute Gasteiger partial charge is 0.238 e. The zero-order chi connectivity index (χ0) is 22.2. The fourth-order valence-electron chi connectivity index (χ4n) is 3.88. The summed E-state index contributed by atoms with van der Waals surface area (Å²) in [5.74, 6) is -0.397. The van der Waals surface area contributed by atoms with Gasteiger partial charge < -0.3 is 10.6 Å². The molecule has 10 heteroatoms. The zero-order valence-electron chi connectivity index (χ0n) is 16.6. The molecule has 1 atom stereocenters. The van der Waals surface area contributed by atoms with Gasteiger partial charge in [-0.25, -0.2) is 13.6 Å². The molecule has 0 spiro atoms. The van der Waals surface area contributed by atoms with Crippen molar-refractivity contribution >= 4 is 27.5 Å². The second-order valence-electron chi connectivity index (χ2n) is 7.48. The van der Waals surface area contributed by atoms with Crippen LogP contribution in [0.25, 0.3) is 11.3 Å². The van der Waals surface area contributed by atoms with Gasteiger partial charge in [0.05, 0.1) is 35.3 Å². The Morgan fingerprint density at radius 3 is 2.58 bits per heavy atom. The predicted molar refractivity (Wildman–Crippen MR) is 118 cm³/mol. The van der Waals surface area contributed by atoms with Gasteiger partial charge in [0.25, 0.3) is 0 Å². The van der Waals surface area contributed by atoms with E-state index in [-0.39, 0.29) is 16.7 Å². The number of nitrogens with one attached hydrogen (secondary N) is 1. The van der Waals surface area contributed by atoms with Crippen LogP contribution in [0.3, 0.4) is 0 Å². The summed E-state index contributed by atoms with van der Waals surface area (Å²) in [5.41, 5.74) is 9.82. The Hall–Kier alpha value is -2.72. The van der Waals surface area contributed by atoms with Gasteiger partial charge in [-0.1, -0.05) is 35.9 Å². The minimum absolute atomic E-state index is 0.0205. The Balaban J connectivity index is 1.57. The molecule has 0 radical (unpaired) electrons. The molecule has 1 aliphatic heterocycles. The highest BCUT2D eigenvalue weighted by molar-refractivity contribution is 7.89. The maximum absolute atomic E-state index is 13.3. The monoisotopic (exact) mass is 459 g/mol. The molecule has 3 aromatic rings. The second-order valence-corrected chi connectivity index (χ2v) is 9.48. The van der Waals surface area contributed by atoms with E-state index in [1.54, 1.807) is 29.2 Å². The maximum atomic E-state index is 13.3. The van der Waals surface area contributed by atoms with Crippen molar-refractivity contribution in [3.8, 4) is 11.3 Å². The number of H-pyrrole nitrogens is 1. The summed E-state index contributed by atoms with van der Waals surface area (Å²) < 4.78 is 23.0. The lowest BCUT2D eigenvalue weighted by Crippen LogP contribution is -2.32. The van der Waals surface area contributed by atoms with Gasteiger partial charge in [-0.15, -0.1) is 0 Å². The SMILES string of the molecule is NCCC(C(=O)N1Cc2[nH]nc(-c3ccc(S(N)(=O)=O)cc3)c2C1)c1cccc(Cl)c1. The Bertz CT molecular complexity index is 1220. The van der Waals surface area contributed by atoms with Crippen LogP contribution in [0.4, 0.5) is 0 Å². The summed E-state index contributed by atoms with van der Waals surface area (Å²) in [7, 11) is -3.77. The normalized spacial score (nSPS) is 14.5. The lowest BCUT2D eigenvalue weighted by molar-refractivity contribution is -0.133. The molecule has 0 fully saturated rings. The van der Waals surface area contributed by atoms with E-state index in [0.29, 0.717) is 36.8 Å². The second kappa shape index (κ2) is 8.43. The van der Waals surface area contributed by atoms with Crippen LogP contribution in [0, 0.1) is 0 Å². The minimum Gasteiger partial charge on any atom is -0.332 e. The molecule has 1 unspecified atom stereocenters. The molecule has 0 bridgehead atoms. The predicted octanol–water partition coefficient (Wildman–Crippen LogP) is 2.35. The van der Waals surface area contributed by atoms with Crippen molar-refractivity contribution in [2.75, 3.05) is 6.54 Å². The zero-order valence-corrected chi connectivity index (χ0v) is 18.2. The van der Waals surface area contributed by atoms with Crippen LogP contribution in [0.2, 0.25) is 5.02 Å². The standard InChI is InChI=1S/C21H22ClN5O3S/c22-15-3-1-2-14(10-15)17(8-9-23)21(28)27-11-18-19(12-27)25-26-20(18)13-4-6-16(7-5-13)31(24,29)30/h1-7,10,17H,8-9,11-12,23H2,(H,25,26)(H2,24,29,30). The van der Waals surface area contributed by atoms with E-state index < -0.39 is 10.0 Å². The number of nitrogens with zero attached hydrogens (tertiary/aromatic N) is 2. The van der Waals surface area contributed by atoms with E-state index in [0.717, 1.165) is 22.4 Å². The Morgan fingerprint density at radius 2 is 1.94 bits per heavy atom. The van der Waals surface area contributed by atoms with E-state index in [9.17, 15) is 13.2 Å². The third-order valence-corrected chi connectivity index (χ3v) is 6.59. The third kappa shape index (κ3) is 4.35. The highest BCUT2D eigenvalue weighted by Crippen LogP contribution is 2.34. The van der Waals surface area contributed by atoms with Crippen molar-refractivity contribution < 1.29 is 13.2 Å². The molecule has 1 amide bonds. The van der Waals surface area contributed by atoms with Gasteiger partial charge in [-0.3, -0.25) is 9.89 Å². The molecular weight excluding hydrogens is 438 g/mol. The number of nitrogens with two attached hydrogens (primary N) is 2. The lowest BCUT2D eigenvalue weighted by atomic mass is 9.94. The largest absolute Gasteiger partial charge is 0.332 e. The molecule has 4 rings (SSSR count). The van der Waals surface area contributed by atoms with E-state index in [4.69, 9.17) is 22.5 Å². The summed E-state index contributed by atoms with van der Waals surface area (Å²) in [5, 5.41) is 13.1. The van der Waals surface area contributed by atoms with E-state index >= 15 is 0 Å². The molecule has 8 nitrogen and oxygen atoms in total. The molecule has 2 aromatic carbocycles. The highest BCUT2D eigenvalue weighted by atomic mass is 35.5. The number of carbonyl (C=O) groups excluding carboxylic acids is 1. The molecule has 0 aliphatic carbocycles. The van der Waals surface area contributed by atoms with Crippen LogP contribution >= 0.6 is 11.6 Å². The number of aromatic nitrogens is 2. The van der Waals surface area contributed by atoms with Crippen molar-refractivity contribution in [3.05, 3.63) is 70.4 Å². The van der Waals surface area contributed by atoms with Gasteiger partial charge in [0.2, 0.25) is 15.9 Å². The van der Waals surface area contributed by atoms with E-state index in [1.807, 2.05) is 12.1 Å². The molecule has 0 saturated heterocycles. The van der Waals surface area contributed by atoms with Crippen molar-refractivity contribution in [1.82, 2.24) is 15.1 Å². The van der Waals surface area contributed by atoms with Crippen molar-refractivity contribution in [1.29, 1.82) is 0 Å². The number of fused-ring (bicyclic) bond motifs is 1. The van der Waals surface area contributed by atoms with Gasteiger partial charge in [-0.2, -0.15) is 5.10 Å². The number of benzene rings is 2. The quantitative estimate of drug-likeness (QED) is 0.520. The van der Waals surface area contributed by atoms with E-state index in [2.05, 4.69) is 10.2 Å². The number of halogens is 1. The average molecular weight is 460 g/mol. The number of carbonyl (C=O) groups is 1. The summed E-state index contributed by atoms with van der Waals surface area (Å²) in [6.45, 7) is 1.20. The van der Waals surface area contributed by atoms with Gasteiger partial charge in [0, 0.05) is 16.1 Å². The third-order valence-electron chi connectivity index (χ3n) is 5.42. The maximum Gasteiger partial charge on any atom is 0.238 e. The number of sulfonamides is 1. The van der Waals surface area contributed by atoms with Gasteiger partial charge in [-0.05, 0) is 42.8 Å². The van der Waals surface area contributed by atoms with Crippen LogP contribution in [0.15, 0.2) is 53.4 Å². The number of aromatic amines is 1. The van der Waals surface area contributed by atoms with Gasteiger partial charge in [0.15, 0.2) is 0 Å². The first-order valence-electron chi connectivity index (χ1n) is 9.71.